The number of hydrogen-bond acceptors (Lipinski definition) is 4. The minimum Gasteiger partial charge on any atom is -0.481 e. The predicted molar refractivity (Wildman–Crippen MR) is 92.1 cm³/mol. The third-order valence-electron chi connectivity index (χ3n) is 4.25. The highest BCUT2D eigenvalue weighted by Gasteiger charge is 2.32. The standard InChI is InChI=1S/C17H19ClN2O2S/c1-11-4-5-13(19-9-11)16(14-6-7-15(18)23-14)20-8-2-3-12(10-20)17(21)22/h4-7,9,12,16H,2-3,8,10H2,1H3,(H,21,22). The molecule has 0 spiro atoms. The summed E-state index contributed by atoms with van der Waals surface area (Å²) in [5.41, 5.74) is 2.05. The van der Waals surface area contributed by atoms with Crippen molar-refractivity contribution in [1.29, 1.82) is 0 Å². The molecule has 0 aliphatic carbocycles. The molecule has 2 aromatic rings. The third-order valence-corrected chi connectivity index (χ3v) is 5.53. The first kappa shape index (κ1) is 16.4. The van der Waals surface area contributed by atoms with Crippen LogP contribution in [0.5, 0.6) is 0 Å². The summed E-state index contributed by atoms with van der Waals surface area (Å²) in [5.74, 6) is -1.03. The Morgan fingerprint density at radius 2 is 2.26 bits per heavy atom. The summed E-state index contributed by atoms with van der Waals surface area (Å²) in [5, 5.41) is 9.36. The Balaban J connectivity index is 1.94. The van der Waals surface area contributed by atoms with Crippen molar-refractivity contribution in [3.8, 4) is 0 Å². The molecular weight excluding hydrogens is 332 g/mol. The molecule has 23 heavy (non-hydrogen) atoms. The van der Waals surface area contributed by atoms with Crippen LogP contribution in [0.25, 0.3) is 0 Å². The molecule has 1 aliphatic rings. The van der Waals surface area contributed by atoms with Crippen LogP contribution in [-0.4, -0.2) is 34.0 Å². The van der Waals surface area contributed by atoms with E-state index in [4.69, 9.17) is 11.6 Å². The van der Waals surface area contributed by atoms with Crippen molar-refractivity contribution in [2.45, 2.75) is 25.8 Å². The molecule has 2 unspecified atom stereocenters. The maximum atomic E-state index is 11.4. The molecule has 1 N–H and O–H groups in total. The smallest absolute Gasteiger partial charge is 0.307 e. The molecule has 2 aromatic heterocycles. The van der Waals surface area contributed by atoms with E-state index >= 15 is 0 Å². The van der Waals surface area contributed by atoms with E-state index in [9.17, 15) is 9.90 Å². The Morgan fingerprint density at radius 1 is 1.43 bits per heavy atom. The highest BCUT2D eigenvalue weighted by atomic mass is 35.5. The summed E-state index contributed by atoms with van der Waals surface area (Å²) in [4.78, 5) is 19.3. The number of aromatic nitrogens is 1. The molecule has 1 aliphatic heterocycles. The maximum absolute atomic E-state index is 11.4. The van der Waals surface area contributed by atoms with E-state index in [-0.39, 0.29) is 12.0 Å². The van der Waals surface area contributed by atoms with E-state index in [2.05, 4.69) is 9.88 Å². The van der Waals surface area contributed by atoms with E-state index in [0.717, 1.165) is 39.9 Å². The number of piperidine rings is 1. The molecule has 0 bridgehead atoms. The number of carbonyl (C=O) groups is 1. The number of aryl methyl sites for hydroxylation is 1. The Kier molecular flexibility index (Phi) is 4.99. The first-order chi connectivity index (χ1) is 11.0. The van der Waals surface area contributed by atoms with Gasteiger partial charge in [0.05, 0.1) is 22.0 Å². The molecule has 2 atom stereocenters. The third kappa shape index (κ3) is 3.74. The zero-order valence-electron chi connectivity index (χ0n) is 12.9. The first-order valence-electron chi connectivity index (χ1n) is 7.69. The fourth-order valence-electron chi connectivity index (χ4n) is 3.07. The zero-order chi connectivity index (χ0) is 16.4. The lowest BCUT2D eigenvalue weighted by Crippen LogP contribution is -2.41. The van der Waals surface area contributed by atoms with Gasteiger partial charge in [0.25, 0.3) is 0 Å². The highest BCUT2D eigenvalue weighted by Crippen LogP contribution is 2.36. The topological polar surface area (TPSA) is 53.4 Å². The molecule has 0 radical (unpaired) electrons. The monoisotopic (exact) mass is 350 g/mol. The van der Waals surface area contributed by atoms with Crippen LogP contribution < -0.4 is 0 Å². The largest absolute Gasteiger partial charge is 0.481 e. The van der Waals surface area contributed by atoms with E-state index in [0.29, 0.717) is 6.54 Å². The molecule has 4 nitrogen and oxygen atoms in total. The summed E-state index contributed by atoms with van der Waals surface area (Å²) >= 11 is 7.66. The molecule has 6 heteroatoms. The van der Waals surface area contributed by atoms with Gasteiger partial charge in [-0.3, -0.25) is 14.7 Å². The summed E-state index contributed by atoms with van der Waals surface area (Å²) in [6.45, 7) is 3.43. The number of hydrogen-bond donors (Lipinski definition) is 1. The van der Waals surface area contributed by atoms with E-state index in [1.165, 1.54) is 11.3 Å². The van der Waals surface area contributed by atoms with Gasteiger partial charge >= 0.3 is 5.97 Å². The van der Waals surface area contributed by atoms with Crippen LogP contribution >= 0.6 is 22.9 Å². The zero-order valence-corrected chi connectivity index (χ0v) is 14.5. The average molecular weight is 351 g/mol. The van der Waals surface area contributed by atoms with Crippen LogP contribution in [0.1, 0.15) is 35.0 Å². The maximum Gasteiger partial charge on any atom is 0.307 e. The van der Waals surface area contributed by atoms with Gasteiger partial charge in [-0.1, -0.05) is 17.7 Å². The van der Waals surface area contributed by atoms with Gasteiger partial charge in [-0.05, 0) is 50.1 Å². The SMILES string of the molecule is Cc1ccc(C(c2ccc(Cl)s2)N2CCCC(C(=O)O)C2)nc1. The van der Waals surface area contributed by atoms with Crippen molar-refractivity contribution in [3.63, 3.8) is 0 Å². The predicted octanol–water partition coefficient (Wildman–Crippen LogP) is 3.99. The number of pyridine rings is 1. The number of thiophene rings is 1. The minimum atomic E-state index is -0.713. The molecule has 3 heterocycles. The number of carboxylic acids is 1. The lowest BCUT2D eigenvalue weighted by Gasteiger charge is -2.36. The quantitative estimate of drug-likeness (QED) is 0.905. The van der Waals surface area contributed by atoms with E-state index in [1.807, 2.05) is 37.4 Å². The fraction of sp³-hybridized carbons (Fsp3) is 0.412. The van der Waals surface area contributed by atoms with Crippen LogP contribution in [0.3, 0.4) is 0 Å². The lowest BCUT2D eigenvalue weighted by atomic mass is 9.95. The second-order valence-electron chi connectivity index (χ2n) is 5.98. The number of nitrogens with zero attached hydrogens (tertiary/aromatic N) is 2. The summed E-state index contributed by atoms with van der Waals surface area (Å²) in [6, 6.07) is 7.95. The van der Waals surface area contributed by atoms with Crippen molar-refractivity contribution < 1.29 is 9.90 Å². The Labute approximate surface area is 144 Å². The van der Waals surface area contributed by atoms with Crippen molar-refractivity contribution in [2.24, 2.45) is 5.92 Å². The number of aliphatic carboxylic acids is 1. The second-order valence-corrected chi connectivity index (χ2v) is 7.72. The molecule has 0 saturated carbocycles. The molecule has 0 aromatic carbocycles. The molecule has 0 amide bonds. The van der Waals surface area contributed by atoms with Crippen LogP contribution in [0.2, 0.25) is 4.34 Å². The van der Waals surface area contributed by atoms with Crippen molar-refractivity contribution in [3.05, 3.63) is 50.9 Å². The summed E-state index contributed by atoms with van der Waals surface area (Å²) in [7, 11) is 0. The number of carboxylic acid groups (broad SMARTS) is 1. The minimum absolute atomic E-state index is 0.0322. The van der Waals surface area contributed by atoms with Gasteiger partial charge in [-0.25, -0.2) is 0 Å². The average Bonchev–Trinajstić information content (AvgIpc) is 2.96. The summed E-state index contributed by atoms with van der Waals surface area (Å²) in [6.07, 6.45) is 3.49. The number of halogens is 1. The van der Waals surface area contributed by atoms with Crippen molar-refractivity contribution in [2.75, 3.05) is 13.1 Å². The molecule has 1 fully saturated rings. The molecular formula is C17H19ClN2O2S. The summed E-state index contributed by atoms with van der Waals surface area (Å²) < 4.78 is 0.740. The van der Waals surface area contributed by atoms with Gasteiger partial charge in [-0.2, -0.15) is 0 Å². The van der Waals surface area contributed by atoms with Gasteiger partial charge in [0.1, 0.15) is 0 Å². The highest BCUT2D eigenvalue weighted by molar-refractivity contribution is 7.16. The van der Waals surface area contributed by atoms with Crippen LogP contribution in [0, 0.1) is 12.8 Å². The van der Waals surface area contributed by atoms with Gasteiger partial charge in [-0.15, -0.1) is 11.3 Å². The normalized spacial score (nSPS) is 20.3. The lowest BCUT2D eigenvalue weighted by molar-refractivity contribution is -0.143. The second kappa shape index (κ2) is 6.99. The first-order valence-corrected chi connectivity index (χ1v) is 8.88. The molecule has 1 saturated heterocycles. The van der Waals surface area contributed by atoms with Crippen molar-refractivity contribution in [1.82, 2.24) is 9.88 Å². The van der Waals surface area contributed by atoms with Crippen LogP contribution in [-0.2, 0) is 4.79 Å². The van der Waals surface area contributed by atoms with Crippen LogP contribution in [0.15, 0.2) is 30.5 Å². The fourth-order valence-corrected chi connectivity index (χ4v) is 4.28. The number of likely N-dealkylation sites (tertiary alicyclic amines) is 1. The number of rotatable bonds is 4. The van der Waals surface area contributed by atoms with E-state index in [1.54, 1.807) is 0 Å². The van der Waals surface area contributed by atoms with Gasteiger partial charge in [0, 0.05) is 17.6 Å². The van der Waals surface area contributed by atoms with Crippen LogP contribution in [0.4, 0.5) is 0 Å². The Hall–Kier alpha value is -1.43. The van der Waals surface area contributed by atoms with E-state index < -0.39 is 5.97 Å². The molecule has 3 rings (SSSR count). The van der Waals surface area contributed by atoms with Gasteiger partial charge < -0.3 is 5.11 Å². The van der Waals surface area contributed by atoms with Crippen molar-refractivity contribution >= 4 is 28.9 Å². The van der Waals surface area contributed by atoms with Gasteiger partial charge in [0.2, 0.25) is 0 Å². The van der Waals surface area contributed by atoms with Gasteiger partial charge in [0.15, 0.2) is 0 Å². The Bertz CT molecular complexity index is 686. The molecule has 122 valence electrons. The Morgan fingerprint density at radius 3 is 2.87 bits per heavy atom.